The Kier molecular flexibility index (Phi) is 25.0. The lowest BCUT2D eigenvalue weighted by atomic mass is 9.96. The van der Waals surface area contributed by atoms with Gasteiger partial charge in [-0.3, -0.25) is 9.59 Å². The van der Waals surface area contributed by atoms with Crippen molar-refractivity contribution in [2.45, 2.75) is 39.6 Å². The molecule has 590 valence electrons. The Labute approximate surface area is 712 Å². The predicted octanol–water partition coefficient (Wildman–Crippen LogP) is 28.3. The summed E-state index contributed by atoms with van der Waals surface area (Å²) < 4.78 is 39.8. The Bertz CT molecular complexity index is 5530. The van der Waals surface area contributed by atoms with E-state index in [4.69, 9.17) is 28.4 Å². The molecule has 0 atom stereocenters. The van der Waals surface area contributed by atoms with Gasteiger partial charge in [-0.05, 0) is 291 Å². The third-order valence-corrected chi connectivity index (χ3v) is 21.2. The Morgan fingerprint density at radius 3 is 0.549 bits per heavy atom. The molecule has 0 spiro atoms. The van der Waals surface area contributed by atoms with E-state index in [2.05, 4.69) is 267 Å². The largest absolute Gasteiger partial charge is 0.489 e. The van der Waals surface area contributed by atoms with E-state index in [-0.39, 0.29) is 24.8 Å². The number of allylic oxidation sites excluding steroid dienone is 2. The van der Waals surface area contributed by atoms with Crippen LogP contribution in [0.25, 0.3) is 101 Å². The van der Waals surface area contributed by atoms with Crippen molar-refractivity contribution >= 4 is 23.7 Å². The molecule has 0 bridgehead atoms. The highest BCUT2D eigenvalue weighted by atomic mass is 16.5. The lowest BCUT2D eigenvalue weighted by molar-refractivity contribution is 0.103. The summed E-state index contributed by atoms with van der Waals surface area (Å²) in [6.45, 7) is 1.64. The topological polar surface area (TPSA) is 89.5 Å². The number of carbonyl (C=O) groups is 2. The molecule has 0 radical (unpaired) electrons. The smallest absolute Gasteiger partial charge is 0.185 e. The van der Waals surface area contributed by atoms with Crippen molar-refractivity contribution in [2.24, 2.45) is 0 Å². The van der Waals surface area contributed by atoms with Gasteiger partial charge in [0, 0.05) is 23.3 Å². The second-order valence-corrected chi connectivity index (χ2v) is 30.1. The zero-order valence-electron chi connectivity index (χ0n) is 67.2. The van der Waals surface area contributed by atoms with Gasteiger partial charge in [0.05, 0.1) is 0 Å². The molecule has 0 aliphatic rings. The minimum atomic E-state index is -0.159. The first-order chi connectivity index (χ1) is 60.1. The van der Waals surface area contributed by atoms with Crippen molar-refractivity contribution in [2.75, 3.05) is 0 Å². The summed E-state index contributed by atoms with van der Waals surface area (Å²) in [5, 5.41) is 0. The molecule has 0 fully saturated rings. The number of rotatable bonds is 32. The minimum Gasteiger partial charge on any atom is -0.489 e. The van der Waals surface area contributed by atoms with E-state index in [9.17, 15) is 9.59 Å². The highest BCUT2D eigenvalue weighted by Crippen LogP contribution is 2.37. The van der Waals surface area contributed by atoms with Gasteiger partial charge in [-0.15, -0.1) is 0 Å². The molecule has 0 unspecified atom stereocenters. The maximum Gasteiger partial charge on any atom is 0.185 e. The summed E-state index contributed by atoms with van der Waals surface area (Å²) in [5.74, 6) is 3.40. The van der Waals surface area contributed by atoms with E-state index < -0.39 is 0 Å². The standard InChI is InChI=1S/C114H86O8/c115-113(97-47-51-107(52-48-97)117-79-87-65-109(119-75-83-57-99(89-25-9-1-10-26-89)69-100(58-83)90-27-11-2-12-28-90)73-110(66-87)120-76-84-59-101(91-29-13-3-14-30-91)70-102(60-84)92-31-15-4-16-32-92)55-45-81-41-43-82(44-42-81)46-56-114(116)98-49-53-108(54-50-98)118-80-88-67-111(121-77-85-61-103(93-33-17-5-18-34-93)71-104(62-85)94-35-19-6-20-36-94)74-112(68-88)122-78-86-63-105(95-37-21-7-22-38-95)72-106(64-86)96-39-23-8-24-40-96/h1-74H,75-80H2/b55-45+,56-46+. The number of ketones is 2. The molecule has 0 saturated heterocycles. The SMILES string of the molecule is O=C(/C=C/c1ccc(/C=C/C(=O)c2ccc(OCc3cc(OCc4cc(-c5ccccc5)cc(-c5ccccc5)c4)cc(OCc4cc(-c5ccccc5)cc(-c5ccccc5)c4)c3)cc2)cc1)c1ccc(OCc2cc(OCc3cc(-c4ccccc4)cc(-c4ccccc4)c3)cc(OCc3cc(-c4ccccc4)cc(-c4ccccc4)c3)c2)cc1. The normalized spacial score (nSPS) is 11.1. The van der Waals surface area contributed by atoms with Crippen molar-refractivity contribution in [3.05, 3.63) is 492 Å². The molecular formula is C114H86O8. The summed E-state index contributed by atoms with van der Waals surface area (Å²) in [4.78, 5) is 27.3. The molecule has 17 aromatic carbocycles. The lowest BCUT2D eigenvalue weighted by Gasteiger charge is -2.16. The highest BCUT2D eigenvalue weighted by Gasteiger charge is 2.17. The third kappa shape index (κ3) is 21.0. The van der Waals surface area contributed by atoms with Gasteiger partial charge in [0.2, 0.25) is 0 Å². The van der Waals surface area contributed by atoms with E-state index in [0.29, 0.717) is 72.1 Å². The Morgan fingerprint density at radius 2 is 0.352 bits per heavy atom. The molecule has 122 heavy (non-hydrogen) atoms. The maximum absolute atomic E-state index is 13.7. The summed E-state index contributed by atoms with van der Waals surface area (Å²) in [7, 11) is 0. The molecule has 0 amide bonds. The van der Waals surface area contributed by atoms with Gasteiger partial charge in [0.1, 0.15) is 74.1 Å². The van der Waals surface area contributed by atoms with E-state index in [1.807, 2.05) is 133 Å². The van der Waals surface area contributed by atoms with Crippen molar-refractivity contribution in [3.8, 4) is 124 Å². The van der Waals surface area contributed by atoms with Crippen molar-refractivity contribution in [1.29, 1.82) is 0 Å². The number of carbonyl (C=O) groups excluding carboxylic acids is 2. The van der Waals surface area contributed by atoms with E-state index >= 15 is 0 Å². The van der Waals surface area contributed by atoms with Gasteiger partial charge in [0.15, 0.2) is 11.6 Å². The van der Waals surface area contributed by atoms with Crippen LogP contribution in [-0.2, 0) is 39.6 Å². The van der Waals surface area contributed by atoms with Gasteiger partial charge < -0.3 is 28.4 Å². The number of hydrogen-bond donors (Lipinski definition) is 0. The Hall–Kier alpha value is -15.6. The minimum absolute atomic E-state index is 0.159. The molecule has 8 nitrogen and oxygen atoms in total. The summed E-state index contributed by atoms with van der Waals surface area (Å²) >= 11 is 0. The summed E-state index contributed by atoms with van der Waals surface area (Å²) in [6, 6.07) is 144. The van der Waals surface area contributed by atoms with E-state index in [0.717, 1.165) is 134 Å². The van der Waals surface area contributed by atoms with Gasteiger partial charge in [-0.2, -0.15) is 0 Å². The third-order valence-electron chi connectivity index (χ3n) is 21.2. The van der Waals surface area contributed by atoms with Crippen LogP contribution in [0.5, 0.6) is 34.5 Å². The summed E-state index contributed by atoms with van der Waals surface area (Å²) in [5.41, 5.74) is 26.2. The first-order valence-corrected chi connectivity index (χ1v) is 40.9. The molecule has 8 heteroatoms. The van der Waals surface area contributed by atoms with Gasteiger partial charge in [-0.1, -0.05) is 279 Å². The number of ether oxygens (including phenoxy) is 6. The number of benzene rings is 17. The molecule has 0 saturated carbocycles. The quantitative estimate of drug-likeness (QED) is 0.0304. The van der Waals surface area contributed by atoms with Crippen LogP contribution in [0.15, 0.2) is 437 Å². The fourth-order valence-electron chi connectivity index (χ4n) is 14.9. The van der Waals surface area contributed by atoms with Crippen LogP contribution in [0, 0.1) is 0 Å². The molecule has 0 aromatic heterocycles. The molecular weight excluding hydrogens is 1500 g/mol. The zero-order valence-corrected chi connectivity index (χ0v) is 67.2. The van der Waals surface area contributed by atoms with E-state index in [1.54, 1.807) is 48.6 Å². The van der Waals surface area contributed by atoms with Crippen LogP contribution in [0.4, 0.5) is 0 Å². The van der Waals surface area contributed by atoms with Crippen molar-refractivity contribution in [3.63, 3.8) is 0 Å². The van der Waals surface area contributed by atoms with Gasteiger partial charge in [-0.25, -0.2) is 0 Å². The van der Waals surface area contributed by atoms with Crippen LogP contribution in [0.1, 0.15) is 65.2 Å². The second kappa shape index (κ2) is 38.6. The maximum atomic E-state index is 13.7. The van der Waals surface area contributed by atoms with Crippen molar-refractivity contribution < 1.29 is 38.0 Å². The Morgan fingerprint density at radius 1 is 0.172 bits per heavy atom. The molecule has 0 N–H and O–H groups in total. The first kappa shape index (κ1) is 78.9. The second-order valence-electron chi connectivity index (χ2n) is 30.1. The average Bonchev–Trinajstić information content (AvgIpc) is 0.828. The average molecular weight is 1580 g/mol. The first-order valence-electron chi connectivity index (χ1n) is 40.9. The van der Waals surface area contributed by atoms with Gasteiger partial charge >= 0.3 is 0 Å². The molecule has 0 aliphatic carbocycles. The summed E-state index contributed by atoms with van der Waals surface area (Å²) in [6.07, 6.45) is 6.70. The molecule has 17 aromatic rings. The number of hydrogen-bond acceptors (Lipinski definition) is 8. The Balaban J connectivity index is 0.537. The van der Waals surface area contributed by atoms with E-state index in [1.165, 1.54) is 0 Å². The fourth-order valence-corrected chi connectivity index (χ4v) is 14.9. The zero-order chi connectivity index (χ0) is 82.4. The predicted molar refractivity (Wildman–Crippen MR) is 494 cm³/mol. The monoisotopic (exact) mass is 1580 g/mol. The van der Waals surface area contributed by atoms with Gasteiger partial charge in [0.25, 0.3) is 0 Å². The van der Waals surface area contributed by atoms with Crippen LogP contribution < -0.4 is 28.4 Å². The van der Waals surface area contributed by atoms with Crippen molar-refractivity contribution in [1.82, 2.24) is 0 Å². The molecule has 0 aliphatic heterocycles. The van der Waals surface area contributed by atoms with Crippen LogP contribution in [-0.4, -0.2) is 11.6 Å². The van der Waals surface area contributed by atoms with Crippen LogP contribution in [0.3, 0.4) is 0 Å². The molecule has 17 rings (SSSR count). The van der Waals surface area contributed by atoms with Crippen LogP contribution in [0.2, 0.25) is 0 Å². The highest BCUT2D eigenvalue weighted by molar-refractivity contribution is 6.07. The molecule has 0 heterocycles. The fraction of sp³-hybridized carbons (Fsp3) is 0.0526. The van der Waals surface area contributed by atoms with Crippen LogP contribution >= 0.6 is 0 Å². The lowest BCUT2D eigenvalue weighted by Crippen LogP contribution is -2.02.